The molecular formula is C16H16FNO4. The van der Waals surface area contributed by atoms with E-state index in [-0.39, 0.29) is 49.5 Å². The van der Waals surface area contributed by atoms with E-state index >= 15 is 0 Å². The molecule has 6 heteroatoms. The molecular weight excluding hydrogens is 289 g/mol. The van der Waals surface area contributed by atoms with Crippen LogP contribution in [0.1, 0.15) is 24.0 Å². The van der Waals surface area contributed by atoms with E-state index in [1.165, 1.54) is 11.0 Å². The van der Waals surface area contributed by atoms with Crippen LogP contribution in [0.15, 0.2) is 12.1 Å². The van der Waals surface area contributed by atoms with Gasteiger partial charge in [-0.2, -0.15) is 0 Å². The Morgan fingerprint density at radius 1 is 1.23 bits per heavy atom. The molecule has 3 rings (SSSR count). The normalized spacial score (nSPS) is 20.4. The van der Waals surface area contributed by atoms with Crippen LogP contribution in [0.25, 0.3) is 0 Å². The average Bonchev–Trinajstić information content (AvgIpc) is 3.05. The number of hydrogen-bond acceptors (Lipinski definition) is 4. The topological polar surface area (TPSA) is 63.7 Å². The number of rotatable bonds is 5. The van der Waals surface area contributed by atoms with Crippen LogP contribution < -0.4 is 4.74 Å². The van der Waals surface area contributed by atoms with E-state index in [9.17, 15) is 18.8 Å². The zero-order valence-electron chi connectivity index (χ0n) is 12.0. The number of carbonyl (C=O) groups excluding carboxylic acids is 3. The van der Waals surface area contributed by atoms with Gasteiger partial charge in [-0.15, -0.1) is 0 Å². The molecule has 1 fully saturated rings. The highest BCUT2D eigenvalue weighted by molar-refractivity contribution is 6.01. The molecule has 1 aromatic carbocycles. The fourth-order valence-electron chi connectivity index (χ4n) is 3.00. The summed E-state index contributed by atoms with van der Waals surface area (Å²) >= 11 is 0. The van der Waals surface area contributed by atoms with Crippen LogP contribution in [0.5, 0.6) is 5.75 Å². The minimum atomic E-state index is -0.370. The molecule has 1 aromatic rings. The third-order valence-corrected chi connectivity index (χ3v) is 4.14. The van der Waals surface area contributed by atoms with E-state index in [0.717, 1.165) is 11.8 Å². The fraction of sp³-hybridized carbons (Fsp3) is 0.438. The molecule has 0 bridgehead atoms. The van der Waals surface area contributed by atoms with Crippen LogP contribution in [0.3, 0.4) is 0 Å². The molecule has 0 N–H and O–H groups in total. The number of benzene rings is 1. The van der Waals surface area contributed by atoms with Gasteiger partial charge in [0.1, 0.15) is 24.5 Å². The first-order chi connectivity index (χ1) is 10.6. The highest BCUT2D eigenvalue weighted by Gasteiger charge is 2.28. The van der Waals surface area contributed by atoms with Gasteiger partial charge in [0.2, 0.25) is 11.8 Å². The Kier molecular flexibility index (Phi) is 3.92. The standard InChI is InChI=1S/C16H16FNO4/c17-14-8-12(7-11-5-10(9-19)6-13(11)14)22-4-3-18-15(20)1-2-16(18)21/h7-10H,1-6H2. The second-order valence-corrected chi connectivity index (χ2v) is 5.63. The van der Waals surface area contributed by atoms with E-state index in [1.807, 2.05) is 0 Å². The summed E-state index contributed by atoms with van der Waals surface area (Å²) in [5, 5.41) is 0. The first-order valence-corrected chi connectivity index (χ1v) is 7.31. The van der Waals surface area contributed by atoms with Gasteiger partial charge >= 0.3 is 0 Å². The second kappa shape index (κ2) is 5.87. The molecule has 1 saturated heterocycles. The van der Waals surface area contributed by atoms with Gasteiger partial charge in [-0.25, -0.2) is 4.39 Å². The molecule has 2 aliphatic rings. The van der Waals surface area contributed by atoms with Gasteiger partial charge in [0, 0.05) is 24.8 Å². The number of nitrogens with zero attached hydrogens (tertiary/aromatic N) is 1. The smallest absolute Gasteiger partial charge is 0.229 e. The van der Waals surface area contributed by atoms with Gasteiger partial charge in [0.25, 0.3) is 0 Å². The summed E-state index contributed by atoms with van der Waals surface area (Å²) in [5.41, 5.74) is 1.37. The number of halogens is 1. The molecule has 1 heterocycles. The van der Waals surface area contributed by atoms with Crippen LogP contribution in [0.2, 0.25) is 0 Å². The van der Waals surface area contributed by atoms with Crippen molar-refractivity contribution in [3.8, 4) is 5.75 Å². The number of carbonyl (C=O) groups is 3. The van der Waals surface area contributed by atoms with Crippen molar-refractivity contribution in [2.24, 2.45) is 5.92 Å². The highest BCUT2D eigenvalue weighted by atomic mass is 19.1. The van der Waals surface area contributed by atoms with Crippen molar-refractivity contribution in [3.05, 3.63) is 29.1 Å². The summed E-state index contributed by atoms with van der Waals surface area (Å²) < 4.78 is 19.5. The van der Waals surface area contributed by atoms with Crippen molar-refractivity contribution in [2.45, 2.75) is 25.7 Å². The van der Waals surface area contributed by atoms with E-state index in [2.05, 4.69) is 0 Å². The Morgan fingerprint density at radius 2 is 1.95 bits per heavy atom. The maximum atomic E-state index is 14.0. The SMILES string of the molecule is O=CC1Cc2cc(OCCN3C(=O)CCC3=O)cc(F)c2C1. The summed E-state index contributed by atoms with van der Waals surface area (Å²) in [6.07, 6.45) is 2.31. The molecule has 1 atom stereocenters. The lowest BCUT2D eigenvalue weighted by Gasteiger charge is -2.15. The lowest BCUT2D eigenvalue weighted by molar-refractivity contribution is -0.138. The molecule has 116 valence electrons. The molecule has 1 aliphatic heterocycles. The Bertz CT molecular complexity index is 627. The van der Waals surface area contributed by atoms with E-state index < -0.39 is 0 Å². The minimum Gasteiger partial charge on any atom is -0.492 e. The summed E-state index contributed by atoms with van der Waals surface area (Å²) in [6.45, 7) is 0.306. The quantitative estimate of drug-likeness (QED) is 0.607. The molecule has 1 aliphatic carbocycles. The first kappa shape index (κ1) is 14.7. The highest BCUT2D eigenvalue weighted by Crippen LogP contribution is 2.31. The predicted octanol–water partition coefficient (Wildman–Crippen LogP) is 1.27. The van der Waals surface area contributed by atoms with Crippen LogP contribution in [-0.4, -0.2) is 36.2 Å². The van der Waals surface area contributed by atoms with Crippen LogP contribution in [0.4, 0.5) is 4.39 Å². The van der Waals surface area contributed by atoms with E-state index in [4.69, 9.17) is 4.74 Å². The third-order valence-electron chi connectivity index (χ3n) is 4.14. The van der Waals surface area contributed by atoms with Crippen LogP contribution in [-0.2, 0) is 27.2 Å². The molecule has 0 saturated carbocycles. The van der Waals surface area contributed by atoms with Gasteiger partial charge in [0.05, 0.1) is 6.54 Å². The van der Waals surface area contributed by atoms with Crippen molar-refractivity contribution in [1.29, 1.82) is 0 Å². The molecule has 2 amide bonds. The Morgan fingerprint density at radius 3 is 2.64 bits per heavy atom. The minimum absolute atomic E-state index is 0.132. The number of hydrogen-bond donors (Lipinski definition) is 0. The number of imide groups is 1. The van der Waals surface area contributed by atoms with Crippen molar-refractivity contribution in [2.75, 3.05) is 13.2 Å². The van der Waals surface area contributed by atoms with Crippen molar-refractivity contribution >= 4 is 18.1 Å². The lowest BCUT2D eigenvalue weighted by atomic mass is 10.1. The zero-order valence-corrected chi connectivity index (χ0v) is 12.0. The molecule has 0 radical (unpaired) electrons. The molecule has 1 unspecified atom stereocenters. The average molecular weight is 305 g/mol. The van der Waals surface area contributed by atoms with Crippen molar-refractivity contribution in [1.82, 2.24) is 4.90 Å². The fourth-order valence-corrected chi connectivity index (χ4v) is 3.00. The van der Waals surface area contributed by atoms with Gasteiger partial charge in [0.15, 0.2) is 0 Å². The second-order valence-electron chi connectivity index (χ2n) is 5.63. The summed E-state index contributed by atoms with van der Waals surface area (Å²) in [7, 11) is 0. The molecule has 5 nitrogen and oxygen atoms in total. The van der Waals surface area contributed by atoms with Gasteiger partial charge in [-0.3, -0.25) is 14.5 Å². The van der Waals surface area contributed by atoms with Crippen LogP contribution >= 0.6 is 0 Å². The first-order valence-electron chi connectivity index (χ1n) is 7.31. The summed E-state index contributed by atoms with van der Waals surface area (Å²) in [5.74, 6) is -0.559. The van der Waals surface area contributed by atoms with Crippen molar-refractivity contribution in [3.63, 3.8) is 0 Å². The number of fused-ring (bicyclic) bond motifs is 1. The van der Waals surface area contributed by atoms with Gasteiger partial charge < -0.3 is 9.53 Å². The van der Waals surface area contributed by atoms with Crippen LogP contribution in [0, 0.1) is 11.7 Å². The Hall–Kier alpha value is -2.24. The monoisotopic (exact) mass is 305 g/mol. The maximum Gasteiger partial charge on any atom is 0.229 e. The van der Waals surface area contributed by atoms with Crippen molar-refractivity contribution < 1.29 is 23.5 Å². The number of aldehydes is 1. The molecule has 0 aromatic heterocycles. The van der Waals surface area contributed by atoms with E-state index in [1.54, 1.807) is 6.07 Å². The Labute approximate surface area is 127 Å². The van der Waals surface area contributed by atoms with E-state index in [0.29, 0.717) is 24.2 Å². The van der Waals surface area contributed by atoms with Gasteiger partial charge in [-0.1, -0.05) is 0 Å². The third kappa shape index (κ3) is 2.73. The van der Waals surface area contributed by atoms with Gasteiger partial charge in [-0.05, 0) is 30.0 Å². The number of ether oxygens (including phenoxy) is 1. The largest absolute Gasteiger partial charge is 0.492 e. The summed E-state index contributed by atoms with van der Waals surface area (Å²) in [6, 6.07) is 3.02. The summed E-state index contributed by atoms with van der Waals surface area (Å²) in [4.78, 5) is 34.9. The number of likely N-dealkylation sites (tertiary alicyclic amines) is 1. The molecule has 22 heavy (non-hydrogen) atoms. The predicted molar refractivity (Wildman–Crippen MR) is 74.8 cm³/mol. The zero-order chi connectivity index (χ0) is 15.7. The Balaban J connectivity index is 1.62. The maximum absolute atomic E-state index is 14.0. The lowest BCUT2D eigenvalue weighted by Crippen LogP contribution is -2.33. The number of amides is 2. The molecule has 0 spiro atoms.